The Morgan fingerprint density at radius 1 is 0.638 bits per heavy atom. The van der Waals surface area contributed by atoms with Crippen LogP contribution in [0.3, 0.4) is 0 Å². The largest absolute Gasteiger partial charge is 0.325 e. The van der Waals surface area contributed by atoms with E-state index in [2.05, 4.69) is 16.0 Å². The second-order valence-electron chi connectivity index (χ2n) is 10.0. The molecule has 0 aliphatic carbocycles. The van der Waals surface area contributed by atoms with Crippen LogP contribution in [0.25, 0.3) is 6.08 Å². The molecule has 0 heterocycles. The number of thioether (sulfide) groups is 1. The molecule has 6 nitrogen and oxygen atoms in total. The lowest BCUT2D eigenvalue weighted by Gasteiger charge is -2.18. The first kappa shape index (κ1) is 34.1. The molecule has 0 fully saturated rings. The Morgan fingerprint density at radius 3 is 1.96 bits per heavy atom. The molecule has 0 radical (unpaired) electrons. The molecule has 0 saturated carbocycles. The third-order valence-electron chi connectivity index (χ3n) is 6.68. The van der Waals surface area contributed by atoms with Gasteiger partial charge in [-0.05, 0) is 83.9 Å². The second-order valence-corrected chi connectivity index (χ2v) is 12.9. The van der Waals surface area contributed by atoms with Crippen molar-refractivity contribution in [1.29, 1.82) is 0 Å². The van der Waals surface area contributed by atoms with Gasteiger partial charge in [0.2, 0.25) is 5.91 Å². The van der Waals surface area contributed by atoms with Crippen molar-refractivity contribution in [3.63, 3.8) is 0 Å². The van der Waals surface area contributed by atoms with Gasteiger partial charge in [0.05, 0.1) is 10.0 Å². The highest BCUT2D eigenvalue weighted by Gasteiger charge is 2.23. The van der Waals surface area contributed by atoms with Gasteiger partial charge in [-0.1, -0.05) is 101 Å². The third kappa shape index (κ3) is 9.41. The highest BCUT2D eigenvalue weighted by molar-refractivity contribution is 8.00. The molecule has 0 aromatic heterocycles. The van der Waals surface area contributed by atoms with Gasteiger partial charge >= 0.3 is 0 Å². The number of rotatable bonds is 10. The molecule has 0 aliphatic rings. The van der Waals surface area contributed by atoms with Gasteiger partial charge in [0.1, 0.15) is 10.9 Å². The molecule has 47 heavy (non-hydrogen) atoms. The van der Waals surface area contributed by atoms with Crippen molar-refractivity contribution in [1.82, 2.24) is 5.32 Å². The lowest BCUT2D eigenvalue weighted by atomic mass is 10.1. The SMILES string of the molecule is O=C(Nc1ccc(SC(C(=O)Nc2ccc(Cl)c(Cl)c2)c2ccccc2)cc1)/C(=C/c1ccc(Cl)cc1Cl)NC(=O)c1ccccc1. The molecule has 5 aromatic rings. The van der Waals surface area contributed by atoms with Crippen molar-refractivity contribution in [3.05, 3.63) is 164 Å². The van der Waals surface area contributed by atoms with E-state index in [0.717, 1.165) is 10.5 Å². The summed E-state index contributed by atoms with van der Waals surface area (Å²) in [6.07, 6.45) is 1.48. The van der Waals surface area contributed by atoms with E-state index in [4.69, 9.17) is 46.4 Å². The fraction of sp³-hybridized carbons (Fsp3) is 0.0278. The van der Waals surface area contributed by atoms with E-state index >= 15 is 0 Å². The summed E-state index contributed by atoms with van der Waals surface area (Å²) in [6.45, 7) is 0. The molecule has 1 atom stereocenters. The average molecular weight is 721 g/mol. The Labute approximate surface area is 296 Å². The van der Waals surface area contributed by atoms with E-state index in [1.165, 1.54) is 17.8 Å². The zero-order valence-corrected chi connectivity index (χ0v) is 28.2. The number of halogens is 4. The molecule has 236 valence electrons. The minimum absolute atomic E-state index is 0.0235. The van der Waals surface area contributed by atoms with Gasteiger partial charge in [-0.25, -0.2) is 0 Å². The number of carbonyl (C=O) groups excluding carboxylic acids is 3. The van der Waals surface area contributed by atoms with Gasteiger partial charge in [0.15, 0.2) is 0 Å². The summed E-state index contributed by atoms with van der Waals surface area (Å²) in [4.78, 5) is 40.7. The zero-order chi connectivity index (χ0) is 33.3. The van der Waals surface area contributed by atoms with Crippen molar-refractivity contribution in [2.24, 2.45) is 0 Å². The quantitative estimate of drug-likeness (QED) is 0.0990. The molecular formula is C36H25Cl4N3O3S. The lowest BCUT2D eigenvalue weighted by molar-refractivity contribution is -0.116. The Morgan fingerprint density at radius 2 is 1.30 bits per heavy atom. The van der Waals surface area contributed by atoms with E-state index < -0.39 is 17.1 Å². The molecule has 0 aliphatic heterocycles. The molecule has 0 bridgehead atoms. The molecule has 5 aromatic carbocycles. The van der Waals surface area contributed by atoms with Crippen LogP contribution in [0.1, 0.15) is 26.7 Å². The van der Waals surface area contributed by atoms with Crippen LogP contribution in [0, 0.1) is 0 Å². The molecule has 3 amide bonds. The predicted octanol–water partition coefficient (Wildman–Crippen LogP) is 10.2. The number of hydrogen-bond acceptors (Lipinski definition) is 4. The minimum Gasteiger partial charge on any atom is -0.325 e. The van der Waals surface area contributed by atoms with E-state index in [-0.39, 0.29) is 11.6 Å². The maximum absolute atomic E-state index is 13.5. The van der Waals surface area contributed by atoms with Gasteiger partial charge < -0.3 is 16.0 Å². The predicted molar refractivity (Wildman–Crippen MR) is 194 cm³/mol. The third-order valence-corrected chi connectivity index (χ3v) is 9.25. The number of carbonyl (C=O) groups is 3. The smallest absolute Gasteiger partial charge is 0.272 e. The topological polar surface area (TPSA) is 87.3 Å². The Bertz CT molecular complexity index is 1940. The van der Waals surface area contributed by atoms with Crippen molar-refractivity contribution in [2.45, 2.75) is 10.1 Å². The standard InChI is InChI=1S/C36H25Cl4N3O3S/c37-25-12-11-24(30(39)20-25)19-32(43-34(44)23-9-5-2-6-10-23)35(45)41-26-13-16-28(17-14-26)47-33(22-7-3-1-4-8-22)36(46)42-27-15-18-29(38)31(40)21-27/h1-21,33H,(H,41,45)(H,42,46)(H,43,44)/b32-19-. The van der Waals surface area contributed by atoms with Crippen LogP contribution in [0.5, 0.6) is 0 Å². The van der Waals surface area contributed by atoms with Crippen molar-refractivity contribution >= 4 is 93.3 Å². The number of amides is 3. The van der Waals surface area contributed by atoms with Crippen LogP contribution in [0.4, 0.5) is 11.4 Å². The highest BCUT2D eigenvalue weighted by atomic mass is 35.5. The first-order valence-electron chi connectivity index (χ1n) is 14.1. The summed E-state index contributed by atoms with van der Waals surface area (Å²) < 4.78 is 0. The van der Waals surface area contributed by atoms with Crippen molar-refractivity contribution < 1.29 is 14.4 Å². The Hall–Kier alpha value is -4.24. The normalized spacial score (nSPS) is 11.8. The second kappa shape index (κ2) is 16.0. The van der Waals surface area contributed by atoms with Crippen LogP contribution >= 0.6 is 58.2 Å². The van der Waals surface area contributed by atoms with Gasteiger partial charge in [-0.15, -0.1) is 11.8 Å². The summed E-state index contributed by atoms with van der Waals surface area (Å²) >= 11 is 25.9. The van der Waals surface area contributed by atoms with Crippen molar-refractivity contribution in [2.75, 3.05) is 10.6 Å². The van der Waals surface area contributed by atoms with Crippen LogP contribution in [-0.4, -0.2) is 17.7 Å². The average Bonchev–Trinajstić information content (AvgIpc) is 3.07. The number of benzene rings is 5. The van der Waals surface area contributed by atoms with Gasteiger partial charge in [-0.2, -0.15) is 0 Å². The Kier molecular flexibility index (Phi) is 11.6. The molecule has 5 rings (SSSR count). The number of anilines is 2. The van der Waals surface area contributed by atoms with Crippen LogP contribution in [-0.2, 0) is 9.59 Å². The summed E-state index contributed by atoms with van der Waals surface area (Å²) in [5, 5.41) is 9.31. The maximum Gasteiger partial charge on any atom is 0.272 e. The maximum atomic E-state index is 13.5. The van der Waals surface area contributed by atoms with Gasteiger partial charge in [-0.3, -0.25) is 14.4 Å². The van der Waals surface area contributed by atoms with Gasteiger partial charge in [0, 0.05) is 31.9 Å². The van der Waals surface area contributed by atoms with Crippen LogP contribution in [0.2, 0.25) is 20.1 Å². The van der Waals surface area contributed by atoms with E-state index in [1.54, 1.807) is 91.0 Å². The van der Waals surface area contributed by atoms with E-state index in [0.29, 0.717) is 42.6 Å². The number of hydrogen-bond donors (Lipinski definition) is 3. The summed E-state index contributed by atoms with van der Waals surface area (Å²) in [5.74, 6) is -1.28. The minimum atomic E-state index is -0.599. The molecule has 3 N–H and O–H groups in total. The summed E-state index contributed by atoms with van der Waals surface area (Å²) in [5.41, 5.74) is 2.64. The molecule has 1 unspecified atom stereocenters. The molecule has 0 spiro atoms. The first-order valence-corrected chi connectivity index (χ1v) is 16.5. The highest BCUT2D eigenvalue weighted by Crippen LogP contribution is 2.37. The van der Waals surface area contributed by atoms with Crippen molar-refractivity contribution in [3.8, 4) is 0 Å². The fourth-order valence-corrected chi connectivity index (χ4v) is 6.14. The summed E-state index contributed by atoms with van der Waals surface area (Å²) in [7, 11) is 0. The monoisotopic (exact) mass is 719 g/mol. The Balaban J connectivity index is 1.34. The summed E-state index contributed by atoms with van der Waals surface area (Å²) in [6, 6.07) is 34.7. The fourth-order valence-electron chi connectivity index (χ4n) is 4.35. The zero-order valence-electron chi connectivity index (χ0n) is 24.3. The van der Waals surface area contributed by atoms with Gasteiger partial charge in [0.25, 0.3) is 11.8 Å². The first-order chi connectivity index (χ1) is 22.7. The lowest BCUT2D eigenvalue weighted by Crippen LogP contribution is -2.30. The molecule has 0 saturated heterocycles. The number of nitrogens with one attached hydrogen (secondary N) is 3. The van der Waals surface area contributed by atoms with Crippen LogP contribution in [0.15, 0.2) is 132 Å². The van der Waals surface area contributed by atoms with E-state index in [9.17, 15) is 14.4 Å². The molecular weight excluding hydrogens is 696 g/mol. The molecule has 11 heteroatoms. The van der Waals surface area contributed by atoms with Crippen LogP contribution < -0.4 is 16.0 Å². The van der Waals surface area contributed by atoms with E-state index in [1.807, 2.05) is 30.3 Å².